The lowest BCUT2D eigenvalue weighted by atomic mass is 10.0. The maximum absolute atomic E-state index is 13.2. The van der Waals surface area contributed by atoms with E-state index in [2.05, 4.69) is 138 Å². The first-order valence-electron chi connectivity index (χ1n) is 26.0. The van der Waals surface area contributed by atoms with E-state index in [1.165, 1.54) is 22.4 Å². The molecule has 1 amide bonds. The Labute approximate surface area is 452 Å². The molecule has 2 heterocycles. The van der Waals surface area contributed by atoms with Crippen LogP contribution in [-0.2, 0) is 13.1 Å². The summed E-state index contributed by atoms with van der Waals surface area (Å²) in [6.45, 7) is 28.8. The van der Waals surface area contributed by atoms with Gasteiger partial charge in [0.2, 0.25) is 0 Å². The van der Waals surface area contributed by atoms with E-state index in [-0.39, 0.29) is 18.0 Å². The van der Waals surface area contributed by atoms with Crippen LogP contribution in [0, 0.1) is 40.8 Å². The molecule has 10 rings (SSSR count). The first-order chi connectivity index (χ1) is 37.3. The predicted molar refractivity (Wildman–Crippen MR) is 315 cm³/mol. The number of hydrogen-bond acceptors (Lipinski definition) is 3. The predicted octanol–water partition coefficient (Wildman–Crippen LogP) is 16.7. The van der Waals surface area contributed by atoms with Gasteiger partial charge in [-0.25, -0.2) is 14.5 Å². The maximum Gasteiger partial charge on any atom is 0.335 e. The molecule has 0 bridgehead atoms. The molecule has 0 saturated heterocycles. The van der Waals surface area contributed by atoms with Crippen molar-refractivity contribution in [1.82, 2.24) is 14.5 Å². The van der Waals surface area contributed by atoms with Crippen molar-refractivity contribution < 1.29 is 14.7 Å². The molecule has 77 heavy (non-hydrogen) atoms. The summed E-state index contributed by atoms with van der Waals surface area (Å²) in [6.07, 6.45) is 1.83. The van der Waals surface area contributed by atoms with E-state index >= 15 is 0 Å². The summed E-state index contributed by atoms with van der Waals surface area (Å²) in [5, 5.41) is 14.6. The van der Waals surface area contributed by atoms with Crippen LogP contribution in [0.15, 0.2) is 194 Å². The van der Waals surface area contributed by atoms with Crippen LogP contribution in [0.4, 0.5) is 11.4 Å². The lowest BCUT2D eigenvalue weighted by Gasteiger charge is -2.17. The number of amides is 1. The van der Waals surface area contributed by atoms with Crippen LogP contribution in [0.1, 0.15) is 104 Å². The highest BCUT2D eigenvalue weighted by Crippen LogP contribution is 2.34. The number of carboxylic acid groups (broad SMARTS) is 1. The number of para-hydroxylation sites is 2. The van der Waals surface area contributed by atoms with Crippen LogP contribution < -0.4 is 11.1 Å². The van der Waals surface area contributed by atoms with Gasteiger partial charge >= 0.3 is 5.97 Å². The fourth-order valence-electron chi connectivity index (χ4n) is 9.84. The van der Waals surface area contributed by atoms with Gasteiger partial charge in [-0.3, -0.25) is 4.79 Å². The Balaban J connectivity index is 0.000000177. The number of nitrogens with zero attached hydrogens (tertiary/aromatic N) is 4. The van der Waals surface area contributed by atoms with Crippen LogP contribution in [0.5, 0.6) is 0 Å². The number of carbonyl (C=O) groups excluding carboxylic acids is 1. The van der Waals surface area contributed by atoms with Crippen LogP contribution >= 0.6 is 0 Å². The third-order valence-corrected chi connectivity index (χ3v) is 14.6. The zero-order chi connectivity index (χ0) is 54.6. The molecule has 8 aromatic carbocycles. The molecule has 0 aliphatic heterocycles. The van der Waals surface area contributed by atoms with Crippen molar-refractivity contribution in [1.29, 1.82) is 0 Å². The fraction of sp³-hybridized carbons (Fsp3) is 0.176. The van der Waals surface area contributed by atoms with Crippen molar-refractivity contribution >= 4 is 45.1 Å². The van der Waals surface area contributed by atoms with Gasteiger partial charge in [0.05, 0.1) is 24.7 Å². The highest BCUT2D eigenvalue weighted by Gasteiger charge is 2.19. The normalized spacial score (nSPS) is 11.5. The van der Waals surface area contributed by atoms with E-state index in [9.17, 15) is 14.7 Å². The minimum Gasteiger partial charge on any atom is -0.478 e. The Bertz CT molecular complexity index is 3770. The lowest BCUT2D eigenvalue weighted by Crippen LogP contribution is -2.28. The first-order valence-corrected chi connectivity index (χ1v) is 26.0. The van der Waals surface area contributed by atoms with E-state index < -0.39 is 5.97 Å². The molecule has 0 radical (unpaired) electrons. The number of benzene rings is 8. The largest absolute Gasteiger partial charge is 0.478 e. The molecule has 2 atom stereocenters. The highest BCUT2D eigenvalue weighted by molar-refractivity contribution is 5.99. The van der Waals surface area contributed by atoms with Gasteiger partial charge in [0.1, 0.15) is 0 Å². The number of nitrogens with one attached hydrogen (secondary N) is 1. The Morgan fingerprint density at radius 1 is 0.532 bits per heavy atom. The second-order valence-electron chi connectivity index (χ2n) is 19.3. The summed E-state index contributed by atoms with van der Waals surface area (Å²) < 4.78 is 4.53. The van der Waals surface area contributed by atoms with E-state index in [4.69, 9.17) is 18.9 Å². The van der Waals surface area contributed by atoms with Crippen molar-refractivity contribution in [3.8, 4) is 22.3 Å². The van der Waals surface area contributed by atoms with Gasteiger partial charge in [0.25, 0.3) is 5.91 Å². The molecule has 9 nitrogen and oxygen atoms in total. The molecule has 0 aliphatic rings. The number of carboxylic acids is 1. The zero-order valence-electron chi connectivity index (χ0n) is 44.6. The Morgan fingerprint density at radius 3 is 1.38 bits per heavy atom. The third-order valence-electron chi connectivity index (χ3n) is 14.6. The molecule has 9 heteroatoms. The van der Waals surface area contributed by atoms with Gasteiger partial charge in [0, 0.05) is 57.9 Å². The number of nitrogens with two attached hydrogens (primary N) is 1. The van der Waals surface area contributed by atoms with Crippen molar-refractivity contribution in [2.24, 2.45) is 5.73 Å². The molecular weight excluding hydrogens is 949 g/mol. The number of rotatable bonds is 13. The molecule has 384 valence electrons. The van der Waals surface area contributed by atoms with Crippen LogP contribution in [0.2, 0.25) is 0 Å². The molecule has 2 aromatic heterocycles. The zero-order valence-corrected chi connectivity index (χ0v) is 44.6. The van der Waals surface area contributed by atoms with Gasteiger partial charge in [-0.15, -0.1) is 0 Å². The lowest BCUT2D eigenvalue weighted by molar-refractivity contribution is 0.0696. The van der Waals surface area contributed by atoms with Gasteiger partial charge in [-0.2, -0.15) is 0 Å². The van der Waals surface area contributed by atoms with E-state index in [0.717, 1.165) is 85.8 Å². The second kappa shape index (κ2) is 24.8. The Morgan fingerprint density at radius 2 is 0.948 bits per heavy atom. The minimum atomic E-state index is -0.910. The summed E-state index contributed by atoms with van der Waals surface area (Å²) >= 11 is 0. The van der Waals surface area contributed by atoms with Gasteiger partial charge in [-0.05, 0) is 133 Å². The van der Waals surface area contributed by atoms with Crippen LogP contribution in [-0.4, -0.2) is 26.1 Å². The summed E-state index contributed by atoms with van der Waals surface area (Å²) in [4.78, 5) is 31.8. The van der Waals surface area contributed by atoms with E-state index in [0.29, 0.717) is 29.0 Å². The molecule has 0 aliphatic carbocycles. The Kier molecular flexibility index (Phi) is 17.4. The monoisotopic (exact) mass is 1010 g/mol. The first kappa shape index (κ1) is 54.0. The van der Waals surface area contributed by atoms with Crippen molar-refractivity contribution in [2.75, 3.05) is 0 Å². The summed E-state index contributed by atoms with van der Waals surface area (Å²) in [5.41, 5.74) is 23.5. The summed E-state index contributed by atoms with van der Waals surface area (Å²) in [7, 11) is 0. The summed E-state index contributed by atoms with van der Waals surface area (Å²) in [6, 6.07) is 63.8. The van der Waals surface area contributed by atoms with Crippen LogP contribution in [0.3, 0.4) is 0 Å². The van der Waals surface area contributed by atoms with E-state index in [1.54, 1.807) is 12.1 Å². The van der Waals surface area contributed by atoms with Crippen LogP contribution in [0.25, 0.3) is 53.7 Å². The standard InChI is InChI=1S/C34H31N3O.C25H20N2O2.C9H13N/c1-5-31(27-11-7-6-8-12-27)36-34(38)28-19-20-33-30(21-28)23(2)24(3)37(33)22-25-15-17-26(18-16-25)29-13-9-10-14-32(29)35-4;1-16-17(2)27(24-13-12-20(25(28)29)14-22(16)24)15-18-8-10-19(11-9-18)21-6-4-5-7-23(21)26-3;1-2-9(10)8-6-4-3-5-7-8/h6-21,31H,5,22H2,1-3H3,(H,36,38);4-14H,15H2,1-2H3,(H,28,29);3-7,9H,2,10H2,1H3. The quantitative estimate of drug-likeness (QED) is 0.0999. The average Bonchev–Trinajstić information content (AvgIpc) is 3.88. The van der Waals surface area contributed by atoms with Crippen molar-refractivity contribution in [3.05, 3.63) is 273 Å². The molecule has 2 unspecified atom stereocenters. The number of aryl methyl sites for hydroxylation is 2. The number of fused-ring (bicyclic) bond motifs is 2. The summed E-state index contributed by atoms with van der Waals surface area (Å²) in [5.74, 6) is -0.963. The van der Waals surface area contributed by atoms with Gasteiger partial charge in [0.15, 0.2) is 11.4 Å². The van der Waals surface area contributed by atoms with E-state index in [1.807, 2.05) is 110 Å². The molecule has 0 spiro atoms. The topological polar surface area (TPSA) is 111 Å². The second-order valence-corrected chi connectivity index (χ2v) is 19.3. The Hall–Kier alpha value is -9.28. The fourth-order valence-corrected chi connectivity index (χ4v) is 9.84. The number of hydrogen-bond donors (Lipinski definition) is 3. The van der Waals surface area contributed by atoms with Gasteiger partial charge < -0.3 is 25.3 Å². The number of aromatic nitrogens is 2. The third kappa shape index (κ3) is 12.3. The smallest absolute Gasteiger partial charge is 0.335 e. The van der Waals surface area contributed by atoms with Gasteiger partial charge in [-0.1, -0.05) is 172 Å². The maximum atomic E-state index is 13.2. The van der Waals surface area contributed by atoms with Crippen molar-refractivity contribution in [3.63, 3.8) is 0 Å². The highest BCUT2D eigenvalue weighted by atomic mass is 16.4. The number of carbonyl (C=O) groups is 2. The molecular formula is C68H64N6O3. The van der Waals surface area contributed by atoms with Crippen molar-refractivity contribution in [2.45, 2.75) is 79.6 Å². The SMILES string of the molecule is CCC(N)c1ccccc1.[C-]#[N+]c1ccccc1-c1ccc(Cn2c(C)c(C)c3cc(C(=O)NC(CC)c4ccccc4)ccc32)cc1.[C-]#[N+]c1ccccc1-c1ccc(Cn2c(C)c(C)c3cc(C(=O)O)ccc32)cc1. The molecule has 0 saturated carbocycles. The molecule has 0 fully saturated rings. The minimum absolute atomic E-state index is 0.0171. The molecule has 4 N–H and O–H groups in total. The average molecular weight is 1010 g/mol. The molecule has 10 aromatic rings. The number of aromatic carboxylic acids is 1.